The van der Waals surface area contributed by atoms with E-state index in [1.165, 1.54) is 12.5 Å². The zero-order chi connectivity index (χ0) is 17.5. The average molecular weight is 426 g/mol. The molecule has 2 nitrogen and oxygen atoms in total. The van der Waals surface area contributed by atoms with Gasteiger partial charge in [0, 0.05) is 27.6 Å². The topological polar surface area (TPSA) is 26.3 Å². The molecule has 0 aliphatic heterocycles. The van der Waals surface area contributed by atoms with Gasteiger partial charge in [0.1, 0.15) is 0 Å². The highest BCUT2D eigenvalue weighted by Gasteiger charge is 2.11. The zero-order valence-electron chi connectivity index (χ0n) is 13.5. The van der Waals surface area contributed by atoms with E-state index in [0.29, 0.717) is 18.1 Å². The molecule has 0 saturated heterocycles. The predicted molar refractivity (Wildman–Crippen MR) is 105 cm³/mol. The van der Waals surface area contributed by atoms with Crippen LogP contribution >= 0.6 is 39.3 Å². The van der Waals surface area contributed by atoms with Crippen molar-refractivity contribution in [3.8, 4) is 0 Å². The van der Waals surface area contributed by atoms with Gasteiger partial charge in [0.25, 0.3) is 0 Å². The van der Waals surface area contributed by atoms with E-state index in [-0.39, 0.29) is 5.97 Å². The summed E-state index contributed by atoms with van der Waals surface area (Å²) in [5.41, 5.74) is 2.14. The molecule has 2 rings (SSSR count). The van der Waals surface area contributed by atoms with Crippen molar-refractivity contribution in [3.05, 3.63) is 69.0 Å². The minimum absolute atomic E-state index is 0.284. The first kappa shape index (κ1) is 19.1. The van der Waals surface area contributed by atoms with E-state index >= 15 is 0 Å². The van der Waals surface area contributed by atoms with E-state index in [1.54, 1.807) is 11.8 Å². The lowest BCUT2D eigenvalue weighted by molar-refractivity contribution is -0.140. The number of rotatable bonds is 6. The first-order valence-corrected chi connectivity index (χ1v) is 9.47. The number of hydrogen-bond acceptors (Lipinski definition) is 3. The van der Waals surface area contributed by atoms with Crippen LogP contribution in [0.15, 0.2) is 62.8 Å². The van der Waals surface area contributed by atoms with Crippen LogP contribution in [0.5, 0.6) is 0 Å². The third-order valence-corrected chi connectivity index (χ3v) is 5.43. The Hall–Kier alpha value is -1.23. The van der Waals surface area contributed by atoms with Crippen LogP contribution in [0, 0.1) is 6.92 Å². The molecule has 0 atom stereocenters. The summed E-state index contributed by atoms with van der Waals surface area (Å²) in [7, 11) is 0. The number of thioether (sulfide) groups is 1. The number of halogens is 2. The quantitative estimate of drug-likeness (QED) is 0.395. The highest BCUT2D eigenvalue weighted by atomic mass is 79.9. The molecule has 0 unspecified atom stereocenters. The Bertz CT molecular complexity index is 741. The lowest BCUT2D eigenvalue weighted by Gasteiger charge is -2.12. The van der Waals surface area contributed by atoms with Crippen LogP contribution in [0.1, 0.15) is 24.5 Å². The van der Waals surface area contributed by atoms with Crippen LogP contribution in [-0.4, -0.2) is 12.6 Å². The van der Waals surface area contributed by atoms with Crippen molar-refractivity contribution in [1.82, 2.24) is 0 Å². The summed E-state index contributed by atoms with van der Waals surface area (Å²) < 4.78 is 6.05. The van der Waals surface area contributed by atoms with Gasteiger partial charge in [-0.2, -0.15) is 0 Å². The molecule has 0 radical (unpaired) electrons. The molecule has 0 heterocycles. The monoisotopic (exact) mass is 424 g/mol. The van der Waals surface area contributed by atoms with Gasteiger partial charge in [-0.15, -0.1) is 0 Å². The van der Waals surface area contributed by atoms with Gasteiger partial charge in [-0.05, 0) is 36.8 Å². The molecule has 24 heavy (non-hydrogen) atoms. The maximum atomic E-state index is 11.0. The van der Waals surface area contributed by atoms with Crippen molar-refractivity contribution in [1.29, 1.82) is 0 Å². The van der Waals surface area contributed by atoms with Gasteiger partial charge in [0.05, 0.1) is 11.6 Å². The molecule has 0 aromatic heterocycles. The molecule has 0 aliphatic carbocycles. The number of ether oxygens (including phenoxy) is 1. The molecule has 0 bridgehead atoms. The standard InChI is InChI=1S/C19H18BrClO2S/c1-13-6-8-17(9-7-13)24-18(10-11-23-14(2)22)19(21)15-4-3-5-16(20)12-15/h3-9,12H,10-11H2,1-2H3/b19-18+. The Morgan fingerprint density at radius 2 is 1.92 bits per heavy atom. The summed E-state index contributed by atoms with van der Waals surface area (Å²) in [5.74, 6) is -0.284. The summed E-state index contributed by atoms with van der Waals surface area (Å²) in [4.78, 5) is 13.1. The van der Waals surface area contributed by atoms with Crippen molar-refractivity contribution in [2.24, 2.45) is 0 Å². The van der Waals surface area contributed by atoms with Gasteiger partial charge in [-0.1, -0.05) is 69.1 Å². The second-order valence-electron chi connectivity index (χ2n) is 5.25. The Morgan fingerprint density at radius 3 is 2.54 bits per heavy atom. The number of carbonyl (C=O) groups is 1. The summed E-state index contributed by atoms with van der Waals surface area (Å²) in [6, 6.07) is 16.1. The average Bonchev–Trinajstić information content (AvgIpc) is 2.55. The number of hydrogen-bond donors (Lipinski definition) is 0. The molecule has 0 aliphatic rings. The van der Waals surface area contributed by atoms with Crippen LogP contribution in [0.2, 0.25) is 0 Å². The maximum absolute atomic E-state index is 11.0. The summed E-state index contributed by atoms with van der Waals surface area (Å²) in [6.45, 7) is 3.78. The van der Waals surface area contributed by atoms with Crippen molar-refractivity contribution in [2.75, 3.05) is 6.61 Å². The van der Waals surface area contributed by atoms with Crippen molar-refractivity contribution >= 4 is 50.3 Å². The third-order valence-electron chi connectivity index (χ3n) is 3.22. The molecule has 0 N–H and O–H groups in total. The van der Waals surface area contributed by atoms with Crippen LogP contribution in [0.4, 0.5) is 0 Å². The summed E-state index contributed by atoms with van der Waals surface area (Å²) in [5, 5.41) is 0.675. The van der Waals surface area contributed by atoms with Gasteiger partial charge in [-0.25, -0.2) is 0 Å². The molecule has 0 fully saturated rings. The number of esters is 1. The lowest BCUT2D eigenvalue weighted by Crippen LogP contribution is -2.01. The predicted octanol–water partition coefficient (Wildman–Crippen LogP) is 6.41. The van der Waals surface area contributed by atoms with Gasteiger partial charge in [-0.3, -0.25) is 4.79 Å². The highest BCUT2D eigenvalue weighted by Crippen LogP contribution is 2.37. The molecule has 2 aromatic rings. The fraction of sp³-hybridized carbons (Fsp3) is 0.211. The minimum Gasteiger partial charge on any atom is -0.466 e. The van der Waals surface area contributed by atoms with E-state index in [0.717, 1.165) is 19.8 Å². The molecule has 126 valence electrons. The van der Waals surface area contributed by atoms with Crippen molar-refractivity contribution in [2.45, 2.75) is 25.2 Å². The third kappa shape index (κ3) is 6.00. The molecule has 0 spiro atoms. The summed E-state index contributed by atoms with van der Waals surface area (Å²) in [6.07, 6.45) is 0.573. The van der Waals surface area contributed by atoms with Crippen LogP contribution in [0.25, 0.3) is 5.03 Å². The minimum atomic E-state index is -0.284. The van der Waals surface area contributed by atoms with Crippen molar-refractivity contribution < 1.29 is 9.53 Å². The van der Waals surface area contributed by atoms with Crippen molar-refractivity contribution in [3.63, 3.8) is 0 Å². The largest absolute Gasteiger partial charge is 0.466 e. The fourth-order valence-corrected chi connectivity index (χ4v) is 3.70. The fourth-order valence-electron chi connectivity index (χ4n) is 2.03. The number of aryl methyl sites for hydroxylation is 1. The molecular formula is C19H18BrClO2S. The lowest BCUT2D eigenvalue weighted by atomic mass is 10.2. The smallest absolute Gasteiger partial charge is 0.302 e. The van der Waals surface area contributed by atoms with Gasteiger partial charge >= 0.3 is 5.97 Å². The normalized spacial score (nSPS) is 11.8. The number of carbonyl (C=O) groups excluding carboxylic acids is 1. The van der Waals surface area contributed by atoms with E-state index < -0.39 is 0 Å². The van der Waals surface area contributed by atoms with Gasteiger partial charge < -0.3 is 4.74 Å². The Balaban J connectivity index is 2.28. The first-order valence-electron chi connectivity index (χ1n) is 7.48. The van der Waals surface area contributed by atoms with E-state index in [2.05, 4.69) is 47.1 Å². The zero-order valence-corrected chi connectivity index (χ0v) is 16.7. The summed E-state index contributed by atoms with van der Waals surface area (Å²) >= 11 is 11.7. The van der Waals surface area contributed by atoms with E-state index in [1.807, 2.05) is 24.3 Å². The second-order valence-corrected chi connectivity index (χ2v) is 7.71. The molecule has 0 saturated carbocycles. The highest BCUT2D eigenvalue weighted by molar-refractivity contribution is 9.10. The van der Waals surface area contributed by atoms with Crippen LogP contribution in [0.3, 0.4) is 0 Å². The van der Waals surface area contributed by atoms with Gasteiger partial charge in [0.15, 0.2) is 0 Å². The van der Waals surface area contributed by atoms with Crippen LogP contribution < -0.4 is 0 Å². The van der Waals surface area contributed by atoms with E-state index in [9.17, 15) is 4.79 Å². The Morgan fingerprint density at radius 1 is 1.21 bits per heavy atom. The molecule has 2 aromatic carbocycles. The van der Waals surface area contributed by atoms with E-state index in [4.69, 9.17) is 16.3 Å². The molecular weight excluding hydrogens is 408 g/mol. The first-order chi connectivity index (χ1) is 11.5. The molecule has 5 heteroatoms. The SMILES string of the molecule is CC(=O)OCC/C(Sc1ccc(C)cc1)=C(\Cl)c1cccc(Br)c1. The molecule has 0 amide bonds. The van der Waals surface area contributed by atoms with Gasteiger partial charge in [0.2, 0.25) is 0 Å². The second kappa shape index (κ2) is 9.30. The Kier molecular flexibility index (Phi) is 7.40. The number of benzene rings is 2. The Labute approximate surface area is 160 Å². The maximum Gasteiger partial charge on any atom is 0.302 e. The van der Waals surface area contributed by atoms with Crippen LogP contribution in [-0.2, 0) is 9.53 Å².